The molecule has 9 heteroatoms. The lowest BCUT2D eigenvalue weighted by atomic mass is 9.96. The number of nitrogens with two attached hydrogens (primary N) is 1. The van der Waals surface area contributed by atoms with Crippen molar-refractivity contribution in [3.8, 4) is 17.4 Å². The number of nitrogen functional groups attached to an aromatic ring is 1. The first-order valence-corrected chi connectivity index (χ1v) is 13.7. The molecule has 1 aliphatic rings. The van der Waals surface area contributed by atoms with Crippen LogP contribution < -0.4 is 20.1 Å². The number of benzene rings is 3. The van der Waals surface area contributed by atoms with Gasteiger partial charge in [0.15, 0.2) is 0 Å². The summed E-state index contributed by atoms with van der Waals surface area (Å²) in [6.07, 6.45) is 0.178. The predicted molar refractivity (Wildman–Crippen MR) is 158 cm³/mol. The Morgan fingerprint density at radius 2 is 1.56 bits per heavy atom. The minimum atomic E-state index is -1.43. The Labute approximate surface area is 240 Å². The second kappa shape index (κ2) is 12.3. The van der Waals surface area contributed by atoms with Crippen LogP contribution in [0, 0.1) is 6.92 Å². The first kappa shape index (κ1) is 27.9. The van der Waals surface area contributed by atoms with E-state index in [1.54, 1.807) is 37.3 Å². The lowest BCUT2D eigenvalue weighted by molar-refractivity contribution is -0.153. The number of aromatic nitrogens is 2. The second-order valence-electron chi connectivity index (χ2n) is 10.5. The Bertz CT molecular complexity index is 1460. The van der Waals surface area contributed by atoms with Crippen molar-refractivity contribution in [1.82, 2.24) is 14.9 Å². The molecule has 1 saturated heterocycles. The summed E-state index contributed by atoms with van der Waals surface area (Å²) in [7, 11) is 0. The van der Waals surface area contributed by atoms with Crippen LogP contribution in [0.2, 0.25) is 0 Å². The molecule has 9 nitrogen and oxygen atoms in total. The third kappa shape index (κ3) is 7.32. The van der Waals surface area contributed by atoms with Crippen LogP contribution in [0.25, 0.3) is 0 Å². The van der Waals surface area contributed by atoms with Crippen LogP contribution in [0.4, 0.5) is 11.8 Å². The van der Waals surface area contributed by atoms with E-state index >= 15 is 0 Å². The molecule has 3 aromatic carbocycles. The standard InChI is InChI=1S/C32H35N5O4/c1-23-8-12-27(13-9-23)41-32(2,30(38)39)21-24-10-14-26(15-11-24)40-29-20-28(34-31(33)35-29)37-18-16-36(17-19-37)22-25-6-4-3-5-7-25/h3-15,20H,16-19,21-22H2,1-2H3,(H,38,39)(H2,33,34,35). The van der Waals surface area contributed by atoms with Gasteiger partial charge in [-0.2, -0.15) is 9.97 Å². The van der Waals surface area contributed by atoms with Gasteiger partial charge in [0.2, 0.25) is 17.4 Å². The molecule has 5 rings (SSSR count). The number of aliphatic carboxylic acids is 1. The van der Waals surface area contributed by atoms with Gasteiger partial charge >= 0.3 is 5.97 Å². The minimum Gasteiger partial charge on any atom is -0.478 e. The van der Waals surface area contributed by atoms with Gasteiger partial charge in [0, 0.05) is 45.2 Å². The van der Waals surface area contributed by atoms with E-state index in [0.29, 0.717) is 17.4 Å². The fourth-order valence-corrected chi connectivity index (χ4v) is 4.83. The largest absolute Gasteiger partial charge is 0.478 e. The maximum absolute atomic E-state index is 12.1. The summed E-state index contributed by atoms with van der Waals surface area (Å²) in [5, 5.41) is 9.92. The fraction of sp³-hybridized carbons (Fsp3) is 0.281. The number of carboxylic acid groups (broad SMARTS) is 1. The van der Waals surface area contributed by atoms with Crippen LogP contribution in [0.3, 0.4) is 0 Å². The Hall–Kier alpha value is -4.63. The molecule has 3 N–H and O–H groups in total. The Morgan fingerprint density at radius 1 is 0.902 bits per heavy atom. The maximum Gasteiger partial charge on any atom is 0.348 e. The summed E-state index contributed by atoms with van der Waals surface area (Å²) < 4.78 is 11.9. The zero-order chi connectivity index (χ0) is 28.8. The van der Waals surface area contributed by atoms with Gasteiger partial charge in [-0.05, 0) is 49.2 Å². The van der Waals surface area contributed by atoms with Gasteiger partial charge in [-0.1, -0.05) is 60.2 Å². The molecule has 1 atom stereocenters. The van der Waals surface area contributed by atoms with Crippen LogP contribution in [0.5, 0.6) is 17.4 Å². The molecule has 0 amide bonds. The molecular weight excluding hydrogens is 518 g/mol. The highest BCUT2D eigenvalue weighted by Gasteiger charge is 2.36. The van der Waals surface area contributed by atoms with Crippen molar-refractivity contribution < 1.29 is 19.4 Å². The van der Waals surface area contributed by atoms with Gasteiger partial charge in [-0.3, -0.25) is 4.90 Å². The Kier molecular flexibility index (Phi) is 8.35. The van der Waals surface area contributed by atoms with Crippen molar-refractivity contribution in [3.63, 3.8) is 0 Å². The summed E-state index contributed by atoms with van der Waals surface area (Å²) in [5.41, 5.74) is 7.78. The summed E-state index contributed by atoms with van der Waals surface area (Å²) in [6, 6.07) is 26.8. The van der Waals surface area contributed by atoms with E-state index in [9.17, 15) is 9.90 Å². The summed E-state index contributed by atoms with van der Waals surface area (Å²) in [4.78, 5) is 25.4. The van der Waals surface area contributed by atoms with Crippen molar-refractivity contribution in [2.45, 2.75) is 32.4 Å². The van der Waals surface area contributed by atoms with E-state index in [0.717, 1.165) is 49.7 Å². The zero-order valence-electron chi connectivity index (χ0n) is 23.4. The zero-order valence-corrected chi connectivity index (χ0v) is 23.4. The van der Waals surface area contributed by atoms with E-state index in [4.69, 9.17) is 15.2 Å². The van der Waals surface area contributed by atoms with Crippen LogP contribution >= 0.6 is 0 Å². The van der Waals surface area contributed by atoms with E-state index in [1.807, 2.05) is 37.3 Å². The van der Waals surface area contributed by atoms with E-state index in [-0.39, 0.29) is 12.4 Å². The first-order valence-electron chi connectivity index (χ1n) is 13.7. The molecule has 1 fully saturated rings. The monoisotopic (exact) mass is 553 g/mol. The van der Waals surface area contributed by atoms with Crippen LogP contribution in [0.1, 0.15) is 23.6 Å². The molecule has 0 radical (unpaired) electrons. The van der Waals surface area contributed by atoms with Crippen molar-refractivity contribution >= 4 is 17.7 Å². The Morgan fingerprint density at radius 3 is 2.22 bits per heavy atom. The lowest BCUT2D eigenvalue weighted by Gasteiger charge is -2.35. The minimum absolute atomic E-state index is 0.145. The van der Waals surface area contributed by atoms with Gasteiger partial charge in [-0.25, -0.2) is 4.79 Å². The number of aryl methyl sites for hydroxylation is 1. The average molecular weight is 554 g/mol. The number of carboxylic acids is 1. The molecule has 2 heterocycles. The SMILES string of the molecule is Cc1ccc(OC(C)(Cc2ccc(Oc3cc(N4CCN(Cc5ccccc5)CC4)nc(N)n3)cc2)C(=O)O)cc1. The molecule has 41 heavy (non-hydrogen) atoms. The number of hydrogen-bond donors (Lipinski definition) is 2. The van der Waals surface area contributed by atoms with E-state index < -0.39 is 11.6 Å². The molecule has 1 aromatic heterocycles. The second-order valence-corrected chi connectivity index (χ2v) is 10.5. The highest BCUT2D eigenvalue weighted by atomic mass is 16.5. The number of carbonyl (C=O) groups is 1. The van der Waals surface area contributed by atoms with Gasteiger partial charge in [-0.15, -0.1) is 0 Å². The quantitative estimate of drug-likeness (QED) is 0.282. The van der Waals surface area contributed by atoms with Gasteiger partial charge in [0.05, 0.1) is 0 Å². The van der Waals surface area contributed by atoms with E-state index in [1.165, 1.54) is 5.56 Å². The molecule has 0 aliphatic carbocycles. The third-order valence-electron chi connectivity index (χ3n) is 7.16. The molecule has 1 unspecified atom stereocenters. The molecule has 0 saturated carbocycles. The van der Waals surface area contributed by atoms with E-state index in [2.05, 4.69) is 44.0 Å². The lowest BCUT2D eigenvalue weighted by Crippen LogP contribution is -2.46. The third-order valence-corrected chi connectivity index (χ3v) is 7.16. The molecule has 4 aromatic rings. The van der Waals surface area contributed by atoms with Gasteiger partial charge in [0.1, 0.15) is 17.3 Å². The van der Waals surface area contributed by atoms with Crippen molar-refractivity contribution in [2.75, 3.05) is 36.8 Å². The fourth-order valence-electron chi connectivity index (χ4n) is 4.83. The first-order chi connectivity index (χ1) is 19.8. The highest BCUT2D eigenvalue weighted by Crippen LogP contribution is 2.28. The number of nitrogens with zero attached hydrogens (tertiary/aromatic N) is 4. The summed E-state index contributed by atoms with van der Waals surface area (Å²) in [5.74, 6) is 1.26. The van der Waals surface area contributed by atoms with Gasteiger partial charge in [0.25, 0.3) is 0 Å². The Balaban J connectivity index is 1.21. The topological polar surface area (TPSA) is 114 Å². The highest BCUT2D eigenvalue weighted by molar-refractivity contribution is 5.78. The molecule has 0 spiro atoms. The molecule has 1 aliphatic heterocycles. The molecule has 0 bridgehead atoms. The van der Waals surface area contributed by atoms with Gasteiger partial charge < -0.3 is 25.2 Å². The van der Waals surface area contributed by atoms with Crippen molar-refractivity contribution in [2.24, 2.45) is 0 Å². The molecule has 212 valence electrons. The average Bonchev–Trinajstić information content (AvgIpc) is 2.96. The van der Waals surface area contributed by atoms with Crippen LogP contribution in [0.15, 0.2) is 84.9 Å². The normalized spacial score (nSPS) is 15.2. The smallest absolute Gasteiger partial charge is 0.348 e. The summed E-state index contributed by atoms with van der Waals surface area (Å²) in [6.45, 7) is 7.95. The number of anilines is 2. The maximum atomic E-state index is 12.1. The number of hydrogen-bond acceptors (Lipinski definition) is 8. The summed E-state index contributed by atoms with van der Waals surface area (Å²) >= 11 is 0. The number of piperazine rings is 1. The number of rotatable bonds is 10. The van der Waals surface area contributed by atoms with Crippen LogP contribution in [-0.4, -0.2) is 57.7 Å². The number of ether oxygens (including phenoxy) is 2. The van der Waals surface area contributed by atoms with Crippen molar-refractivity contribution in [3.05, 3.63) is 102 Å². The van der Waals surface area contributed by atoms with Crippen molar-refractivity contribution in [1.29, 1.82) is 0 Å². The van der Waals surface area contributed by atoms with Crippen LogP contribution in [-0.2, 0) is 17.8 Å². The molecular formula is C32H35N5O4. The predicted octanol–water partition coefficient (Wildman–Crippen LogP) is 4.95.